The summed E-state index contributed by atoms with van der Waals surface area (Å²) in [6, 6.07) is 0. The maximum Gasteiger partial charge on any atom is 0.0591 e. The zero-order valence-corrected chi connectivity index (χ0v) is 11.9. The molecule has 0 bridgehead atoms. The molecule has 0 saturated heterocycles. The van der Waals surface area contributed by atoms with Gasteiger partial charge in [0.2, 0.25) is 0 Å². The fourth-order valence-electron chi connectivity index (χ4n) is 1.17. The van der Waals surface area contributed by atoms with Gasteiger partial charge in [-0.25, -0.2) is 0 Å². The number of hydrogen-bond donors (Lipinski definition) is 1. The van der Waals surface area contributed by atoms with Gasteiger partial charge in [0, 0.05) is 12.1 Å². The highest BCUT2D eigenvalue weighted by atomic mass is 16.5. The summed E-state index contributed by atoms with van der Waals surface area (Å²) in [4.78, 5) is 0. The van der Waals surface area contributed by atoms with Gasteiger partial charge in [-0.3, -0.25) is 0 Å². The van der Waals surface area contributed by atoms with Crippen molar-refractivity contribution in [1.29, 1.82) is 0 Å². The van der Waals surface area contributed by atoms with Crippen molar-refractivity contribution in [2.75, 3.05) is 19.8 Å². The lowest BCUT2D eigenvalue weighted by molar-refractivity contribution is 0.131. The van der Waals surface area contributed by atoms with Crippen molar-refractivity contribution in [2.24, 2.45) is 5.41 Å². The van der Waals surface area contributed by atoms with E-state index in [1.54, 1.807) is 0 Å². The van der Waals surface area contributed by atoms with Crippen LogP contribution in [0.25, 0.3) is 0 Å². The van der Waals surface area contributed by atoms with E-state index in [1.807, 2.05) is 0 Å². The first-order valence-electron chi connectivity index (χ1n) is 6.14. The summed E-state index contributed by atoms with van der Waals surface area (Å²) < 4.78 is 5.57. The molecule has 2 heteroatoms. The maximum absolute atomic E-state index is 5.57. The van der Waals surface area contributed by atoms with Gasteiger partial charge in [-0.1, -0.05) is 32.9 Å². The van der Waals surface area contributed by atoms with Gasteiger partial charge >= 0.3 is 0 Å². The third kappa shape index (κ3) is 8.93. The van der Waals surface area contributed by atoms with Crippen molar-refractivity contribution in [1.82, 2.24) is 5.32 Å². The highest BCUT2D eigenvalue weighted by Crippen LogP contribution is 2.25. The van der Waals surface area contributed by atoms with E-state index in [0.29, 0.717) is 0 Å². The van der Waals surface area contributed by atoms with E-state index in [0.717, 1.165) is 26.2 Å². The quantitative estimate of drug-likeness (QED) is 0.555. The Balaban J connectivity index is 3.45. The van der Waals surface area contributed by atoms with E-state index >= 15 is 0 Å². The fraction of sp³-hybridized carbons (Fsp3) is 0.857. The summed E-state index contributed by atoms with van der Waals surface area (Å²) in [7, 11) is 0. The van der Waals surface area contributed by atoms with Crippen LogP contribution in [-0.4, -0.2) is 25.3 Å². The van der Waals surface area contributed by atoms with Crippen molar-refractivity contribution in [3.8, 4) is 0 Å². The molecule has 0 amide bonds. The molecule has 0 aromatic carbocycles. The van der Waals surface area contributed by atoms with Crippen molar-refractivity contribution in [3.63, 3.8) is 0 Å². The molecule has 0 radical (unpaired) electrons. The molecule has 0 aromatic heterocycles. The van der Waals surface area contributed by atoms with Crippen molar-refractivity contribution < 1.29 is 4.74 Å². The van der Waals surface area contributed by atoms with E-state index < -0.39 is 0 Å². The number of rotatable bonds is 6. The first-order valence-corrected chi connectivity index (χ1v) is 6.14. The third-order valence-corrected chi connectivity index (χ3v) is 2.51. The van der Waals surface area contributed by atoms with Crippen molar-refractivity contribution in [2.45, 2.75) is 53.5 Å². The van der Waals surface area contributed by atoms with Crippen LogP contribution in [0, 0.1) is 5.41 Å². The van der Waals surface area contributed by atoms with Gasteiger partial charge in [-0.2, -0.15) is 0 Å². The monoisotopic (exact) mass is 227 g/mol. The SMILES string of the molecule is C=C(CCOCCNC(C)(C)C)C(C)(C)C. The molecule has 0 saturated carbocycles. The summed E-state index contributed by atoms with van der Waals surface area (Å²) in [6.07, 6.45) is 0.957. The standard InChI is InChI=1S/C14H29NO/c1-12(13(2,3)4)8-10-16-11-9-15-14(5,6)7/h15H,1,8-11H2,2-7H3. The molecule has 0 fully saturated rings. The van der Waals surface area contributed by atoms with E-state index in [9.17, 15) is 0 Å². The summed E-state index contributed by atoms with van der Waals surface area (Å²) in [5, 5.41) is 3.39. The average molecular weight is 227 g/mol. The molecule has 0 atom stereocenters. The van der Waals surface area contributed by atoms with Gasteiger partial charge in [0.05, 0.1) is 13.2 Å². The highest BCUT2D eigenvalue weighted by Gasteiger charge is 2.14. The van der Waals surface area contributed by atoms with E-state index in [4.69, 9.17) is 4.74 Å². The Morgan fingerprint density at radius 1 is 1.06 bits per heavy atom. The summed E-state index contributed by atoms with van der Waals surface area (Å²) in [6.45, 7) is 19.6. The lowest BCUT2D eigenvalue weighted by Gasteiger charge is -2.22. The summed E-state index contributed by atoms with van der Waals surface area (Å²) in [5.74, 6) is 0. The Hall–Kier alpha value is -0.340. The molecule has 2 nitrogen and oxygen atoms in total. The molecule has 0 aromatic rings. The molecule has 0 aliphatic carbocycles. The van der Waals surface area contributed by atoms with Crippen LogP contribution >= 0.6 is 0 Å². The first kappa shape index (κ1) is 15.7. The molecule has 0 aliphatic heterocycles. The zero-order valence-electron chi connectivity index (χ0n) is 11.9. The van der Waals surface area contributed by atoms with Gasteiger partial charge in [-0.15, -0.1) is 0 Å². The van der Waals surface area contributed by atoms with Crippen LogP contribution < -0.4 is 5.32 Å². The predicted octanol–water partition coefficient (Wildman–Crippen LogP) is 3.38. The molecule has 0 rings (SSSR count). The van der Waals surface area contributed by atoms with Crippen molar-refractivity contribution >= 4 is 0 Å². The van der Waals surface area contributed by atoms with Crippen molar-refractivity contribution in [3.05, 3.63) is 12.2 Å². The van der Waals surface area contributed by atoms with Gasteiger partial charge in [-0.05, 0) is 32.6 Å². The molecular weight excluding hydrogens is 198 g/mol. The Bertz CT molecular complexity index is 208. The molecule has 1 N–H and O–H groups in total. The average Bonchev–Trinajstić information content (AvgIpc) is 2.07. The highest BCUT2D eigenvalue weighted by molar-refractivity contribution is 5.04. The molecule has 16 heavy (non-hydrogen) atoms. The minimum absolute atomic E-state index is 0.179. The van der Waals surface area contributed by atoms with Crippen LogP contribution in [0.1, 0.15) is 48.0 Å². The second-order valence-corrected chi connectivity index (χ2v) is 6.39. The Morgan fingerprint density at radius 2 is 1.62 bits per heavy atom. The van der Waals surface area contributed by atoms with Crippen LogP contribution in [0.3, 0.4) is 0 Å². The summed E-state index contributed by atoms with van der Waals surface area (Å²) in [5.41, 5.74) is 1.64. The Morgan fingerprint density at radius 3 is 2.06 bits per heavy atom. The summed E-state index contributed by atoms with van der Waals surface area (Å²) >= 11 is 0. The first-order chi connectivity index (χ1) is 7.13. The topological polar surface area (TPSA) is 21.3 Å². The van der Waals surface area contributed by atoms with Gasteiger partial charge in [0.1, 0.15) is 0 Å². The third-order valence-electron chi connectivity index (χ3n) is 2.51. The number of nitrogens with one attached hydrogen (secondary N) is 1. The fourth-order valence-corrected chi connectivity index (χ4v) is 1.17. The minimum Gasteiger partial charge on any atom is -0.380 e. The van der Waals surface area contributed by atoms with E-state index in [-0.39, 0.29) is 11.0 Å². The van der Waals surface area contributed by atoms with Crippen LogP contribution in [-0.2, 0) is 4.74 Å². The van der Waals surface area contributed by atoms with Crippen LogP contribution in [0.4, 0.5) is 0 Å². The van der Waals surface area contributed by atoms with E-state index in [2.05, 4.69) is 53.4 Å². The largest absolute Gasteiger partial charge is 0.380 e. The zero-order chi connectivity index (χ0) is 12.8. The van der Waals surface area contributed by atoms with Crippen LogP contribution in [0.15, 0.2) is 12.2 Å². The maximum atomic E-state index is 5.57. The smallest absolute Gasteiger partial charge is 0.0591 e. The van der Waals surface area contributed by atoms with Crippen LogP contribution in [0.2, 0.25) is 0 Å². The number of hydrogen-bond acceptors (Lipinski definition) is 2. The molecule has 96 valence electrons. The molecule has 0 heterocycles. The van der Waals surface area contributed by atoms with Gasteiger partial charge < -0.3 is 10.1 Å². The van der Waals surface area contributed by atoms with Gasteiger partial charge in [0.15, 0.2) is 0 Å². The van der Waals surface area contributed by atoms with E-state index in [1.165, 1.54) is 5.57 Å². The Kier molecular flexibility index (Phi) is 6.27. The Labute approximate surface area is 101 Å². The molecule has 0 unspecified atom stereocenters. The lowest BCUT2D eigenvalue weighted by Crippen LogP contribution is -2.38. The second-order valence-electron chi connectivity index (χ2n) is 6.39. The molecule has 0 aliphatic rings. The number of ether oxygens (including phenoxy) is 1. The second kappa shape index (κ2) is 6.41. The normalized spacial score (nSPS) is 12.9. The van der Waals surface area contributed by atoms with Gasteiger partial charge in [0.25, 0.3) is 0 Å². The van der Waals surface area contributed by atoms with Crippen LogP contribution in [0.5, 0.6) is 0 Å². The predicted molar refractivity (Wildman–Crippen MR) is 71.8 cm³/mol. The molecule has 0 spiro atoms. The lowest BCUT2D eigenvalue weighted by atomic mass is 9.86. The molecular formula is C14H29NO. The minimum atomic E-state index is 0.179.